The minimum atomic E-state index is -0.398. The molecule has 3 unspecified atom stereocenters. The van der Waals surface area contributed by atoms with Crippen molar-refractivity contribution in [1.29, 1.82) is 0 Å². The van der Waals surface area contributed by atoms with Gasteiger partial charge in [-0.1, -0.05) is 171 Å². The van der Waals surface area contributed by atoms with Gasteiger partial charge in [-0.15, -0.1) is 0 Å². The summed E-state index contributed by atoms with van der Waals surface area (Å²) in [5, 5.41) is 2.83. The number of para-hydroxylation sites is 1. The SMILES string of the molecule is c1cc(-c2ccc(C3CC4CCC3C4)c3ccccc23)cc(N(c2ccc3c(c2)C2(c4ccccc4-c4ccccc42)c2ccccc2-3)c2ccccc2C2CCCCC2)c1. The molecule has 0 aromatic heterocycles. The van der Waals surface area contributed by atoms with Crippen LogP contribution in [0.15, 0.2) is 176 Å². The Morgan fingerprint density at radius 1 is 0.410 bits per heavy atom. The van der Waals surface area contributed by atoms with E-state index < -0.39 is 5.41 Å². The smallest absolute Gasteiger partial charge is 0.0726 e. The van der Waals surface area contributed by atoms with Crippen LogP contribution in [0.2, 0.25) is 0 Å². The van der Waals surface area contributed by atoms with Crippen LogP contribution in [0.1, 0.15) is 103 Å². The summed E-state index contributed by atoms with van der Waals surface area (Å²) in [6.07, 6.45) is 12.1. The Bertz CT molecular complexity index is 2950. The normalized spacial score (nSPS) is 20.4. The molecule has 3 atom stereocenters. The number of nitrogens with zero attached hydrogens (tertiary/aromatic N) is 1. The van der Waals surface area contributed by atoms with Crippen molar-refractivity contribution < 1.29 is 0 Å². The van der Waals surface area contributed by atoms with Gasteiger partial charge in [0, 0.05) is 17.1 Å². The molecule has 13 rings (SSSR count). The van der Waals surface area contributed by atoms with Gasteiger partial charge >= 0.3 is 0 Å². The van der Waals surface area contributed by atoms with Gasteiger partial charge in [-0.25, -0.2) is 0 Å². The topological polar surface area (TPSA) is 3.24 Å². The Morgan fingerprint density at radius 3 is 1.74 bits per heavy atom. The van der Waals surface area contributed by atoms with Crippen molar-refractivity contribution in [2.75, 3.05) is 4.90 Å². The molecule has 0 aliphatic heterocycles. The van der Waals surface area contributed by atoms with Crippen molar-refractivity contribution in [2.45, 2.75) is 75.0 Å². The van der Waals surface area contributed by atoms with E-state index in [0.29, 0.717) is 11.8 Å². The van der Waals surface area contributed by atoms with Gasteiger partial charge in [0.05, 0.1) is 5.41 Å². The second-order valence-electron chi connectivity index (χ2n) is 18.9. The van der Waals surface area contributed by atoms with Gasteiger partial charge in [-0.2, -0.15) is 0 Å². The molecule has 2 bridgehead atoms. The highest BCUT2D eigenvalue weighted by Crippen LogP contribution is 2.63. The lowest BCUT2D eigenvalue weighted by Gasteiger charge is -2.34. The zero-order chi connectivity index (χ0) is 40.1. The molecule has 1 heteroatoms. The summed E-state index contributed by atoms with van der Waals surface area (Å²) in [5.41, 5.74) is 19.9. The van der Waals surface area contributed by atoms with Crippen LogP contribution in [0.5, 0.6) is 0 Å². The van der Waals surface area contributed by atoms with Crippen molar-refractivity contribution in [3.05, 3.63) is 209 Å². The highest BCUT2D eigenvalue weighted by molar-refractivity contribution is 6.00. The van der Waals surface area contributed by atoms with Crippen LogP contribution in [0.3, 0.4) is 0 Å². The molecule has 8 aromatic rings. The minimum absolute atomic E-state index is 0.398. The first-order valence-electron chi connectivity index (χ1n) is 23.2. The number of hydrogen-bond donors (Lipinski definition) is 0. The molecular weight excluding hydrogens is 735 g/mol. The van der Waals surface area contributed by atoms with Crippen LogP contribution in [-0.4, -0.2) is 0 Å². The monoisotopic (exact) mass is 785 g/mol. The van der Waals surface area contributed by atoms with Crippen molar-refractivity contribution >= 4 is 27.8 Å². The molecule has 0 heterocycles. The molecule has 1 spiro atoms. The highest BCUT2D eigenvalue weighted by Gasteiger charge is 2.51. The van der Waals surface area contributed by atoms with Crippen molar-refractivity contribution in [3.63, 3.8) is 0 Å². The lowest BCUT2D eigenvalue weighted by atomic mass is 9.70. The number of benzene rings is 8. The Labute approximate surface area is 360 Å². The number of hydrogen-bond acceptors (Lipinski definition) is 1. The highest BCUT2D eigenvalue weighted by atomic mass is 15.1. The van der Waals surface area contributed by atoms with E-state index in [1.165, 1.54) is 147 Å². The lowest BCUT2D eigenvalue weighted by Crippen LogP contribution is -2.26. The molecule has 1 nitrogen and oxygen atoms in total. The summed E-state index contributed by atoms with van der Waals surface area (Å²) in [4.78, 5) is 2.61. The van der Waals surface area contributed by atoms with Crippen molar-refractivity contribution in [1.82, 2.24) is 0 Å². The Balaban J connectivity index is 1.02. The average Bonchev–Trinajstić information content (AvgIpc) is 4.11. The maximum atomic E-state index is 2.61. The fourth-order valence-corrected chi connectivity index (χ4v) is 13.4. The number of fused-ring (bicyclic) bond motifs is 13. The van der Waals surface area contributed by atoms with Crippen LogP contribution in [-0.2, 0) is 5.41 Å². The molecule has 0 saturated heterocycles. The van der Waals surface area contributed by atoms with E-state index in [1.54, 1.807) is 5.56 Å². The van der Waals surface area contributed by atoms with Crippen LogP contribution < -0.4 is 4.90 Å². The second-order valence-corrected chi connectivity index (χ2v) is 18.9. The third-order valence-electron chi connectivity index (χ3n) is 16.0. The van der Waals surface area contributed by atoms with E-state index in [1.807, 2.05) is 0 Å². The number of rotatable bonds is 6. The summed E-state index contributed by atoms with van der Waals surface area (Å²) in [5.74, 6) is 3.03. The van der Waals surface area contributed by atoms with E-state index in [9.17, 15) is 0 Å². The van der Waals surface area contributed by atoms with E-state index in [0.717, 1.165) is 11.8 Å². The van der Waals surface area contributed by atoms with Crippen LogP contribution in [0.4, 0.5) is 17.1 Å². The summed E-state index contributed by atoms with van der Waals surface area (Å²) in [7, 11) is 0. The number of anilines is 3. The van der Waals surface area contributed by atoms with E-state index >= 15 is 0 Å². The van der Waals surface area contributed by atoms with Crippen molar-refractivity contribution in [3.8, 4) is 33.4 Å². The molecule has 296 valence electrons. The molecule has 8 aromatic carbocycles. The fourth-order valence-electron chi connectivity index (χ4n) is 13.4. The van der Waals surface area contributed by atoms with Crippen LogP contribution in [0.25, 0.3) is 44.2 Å². The lowest BCUT2D eigenvalue weighted by molar-refractivity contribution is 0.422. The molecule has 3 fully saturated rings. The van der Waals surface area contributed by atoms with Crippen molar-refractivity contribution in [2.24, 2.45) is 11.8 Å². The van der Waals surface area contributed by atoms with Gasteiger partial charge in [-0.05, 0) is 164 Å². The van der Waals surface area contributed by atoms with Gasteiger partial charge in [0.15, 0.2) is 0 Å². The fraction of sp³-hybridized carbons (Fsp3) is 0.233. The quantitative estimate of drug-likeness (QED) is 0.162. The molecule has 0 radical (unpaired) electrons. The largest absolute Gasteiger partial charge is 0.310 e. The first-order chi connectivity index (χ1) is 30.3. The average molecular weight is 786 g/mol. The zero-order valence-electron chi connectivity index (χ0n) is 34.9. The zero-order valence-corrected chi connectivity index (χ0v) is 34.9. The summed E-state index contributed by atoms with van der Waals surface area (Å²) in [6, 6.07) is 68.0. The Hall–Kier alpha value is -6.18. The van der Waals surface area contributed by atoms with Gasteiger partial charge in [-0.3, -0.25) is 0 Å². The molecule has 5 aliphatic rings. The molecule has 61 heavy (non-hydrogen) atoms. The summed E-state index contributed by atoms with van der Waals surface area (Å²) < 4.78 is 0. The predicted octanol–water partition coefficient (Wildman–Crippen LogP) is 16.3. The molecular formula is C60H51N. The maximum Gasteiger partial charge on any atom is 0.0726 e. The standard InChI is InChI=1S/C60H51N/c1-2-15-40(16-3-1)46-19-9-13-28-59(46)61(43-18-14-17-41(37-43)45-33-34-49(48-21-5-4-20-47(45)48)54-36-39-29-30-42(54)35-39)44-31-32-53-52-24-8-12-27-57(52)60(58(53)38-44)55-25-10-6-22-50(55)51-23-7-11-26-56(51)60/h4-14,17-28,31-34,37-40,42,54H,1-3,15-16,29-30,35-36H2. The third kappa shape index (κ3) is 5.26. The summed E-state index contributed by atoms with van der Waals surface area (Å²) >= 11 is 0. The van der Waals surface area contributed by atoms with Gasteiger partial charge < -0.3 is 4.90 Å². The Kier molecular flexibility index (Phi) is 8.12. The third-order valence-corrected chi connectivity index (χ3v) is 16.0. The van der Waals surface area contributed by atoms with E-state index in [-0.39, 0.29) is 0 Å². The van der Waals surface area contributed by atoms with E-state index in [2.05, 4.69) is 181 Å². The second kappa shape index (κ2) is 13.9. The summed E-state index contributed by atoms with van der Waals surface area (Å²) in [6.45, 7) is 0. The van der Waals surface area contributed by atoms with Crippen LogP contribution >= 0.6 is 0 Å². The molecule has 0 amide bonds. The van der Waals surface area contributed by atoms with Gasteiger partial charge in [0.25, 0.3) is 0 Å². The van der Waals surface area contributed by atoms with E-state index in [4.69, 9.17) is 0 Å². The first-order valence-corrected chi connectivity index (χ1v) is 23.2. The van der Waals surface area contributed by atoms with Crippen LogP contribution in [0, 0.1) is 11.8 Å². The van der Waals surface area contributed by atoms with Gasteiger partial charge in [0.2, 0.25) is 0 Å². The van der Waals surface area contributed by atoms with Gasteiger partial charge in [0.1, 0.15) is 0 Å². The minimum Gasteiger partial charge on any atom is -0.310 e. The first kappa shape index (κ1) is 35.6. The molecule has 0 N–H and O–H groups in total. The molecule has 3 saturated carbocycles. The maximum absolute atomic E-state index is 2.61. The molecule has 5 aliphatic carbocycles. The Morgan fingerprint density at radius 2 is 1.03 bits per heavy atom. The predicted molar refractivity (Wildman–Crippen MR) is 254 cm³/mol.